The van der Waals surface area contributed by atoms with Crippen LogP contribution in [0.4, 0.5) is 5.69 Å². The Morgan fingerprint density at radius 2 is 1.90 bits per heavy atom. The molecule has 0 aliphatic rings. The molecule has 0 radical (unpaired) electrons. The number of benzene rings is 2. The van der Waals surface area contributed by atoms with Gasteiger partial charge in [-0.25, -0.2) is 0 Å². The van der Waals surface area contributed by atoms with Gasteiger partial charge in [-0.05, 0) is 59.3 Å². The van der Waals surface area contributed by atoms with E-state index in [0.29, 0.717) is 17.9 Å². The van der Waals surface area contributed by atoms with Gasteiger partial charge in [-0.2, -0.15) is 0 Å². The Morgan fingerprint density at radius 1 is 1.13 bits per heavy atom. The van der Waals surface area contributed by atoms with Gasteiger partial charge in [0.05, 0.1) is 25.7 Å². The van der Waals surface area contributed by atoms with E-state index < -0.39 is 0 Å². The van der Waals surface area contributed by atoms with E-state index in [9.17, 15) is 4.79 Å². The van der Waals surface area contributed by atoms with Crippen molar-refractivity contribution in [2.75, 3.05) is 25.3 Å². The lowest BCUT2D eigenvalue weighted by molar-refractivity contribution is -0.113. The lowest BCUT2D eigenvalue weighted by Crippen LogP contribution is -2.15. The van der Waals surface area contributed by atoms with Gasteiger partial charge in [0.15, 0.2) is 16.7 Å². The van der Waals surface area contributed by atoms with Crippen molar-refractivity contribution >= 4 is 45.9 Å². The van der Waals surface area contributed by atoms with Gasteiger partial charge in [-0.1, -0.05) is 30.0 Å². The Bertz CT molecular complexity index is 1030. The van der Waals surface area contributed by atoms with Gasteiger partial charge >= 0.3 is 0 Å². The van der Waals surface area contributed by atoms with Gasteiger partial charge in [0, 0.05) is 16.5 Å². The number of aromatic nitrogens is 3. The molecule has 1 N–H and O–H groups in total. The normalized spacial score (nSPS) is 10.7. The zero-order valence-electron chi connectivity index (χ0n) is 17.0. The lowest BCUT2D eigenvalue weighted by Gasteiger charge is -2.11. The average molecular weight is 538 g/mol. The fraction of sp³-hybridized carbons (Fsp3) is 0.286. The van der Waals surface area contributed by atoms with Crippen LogP contribution in [-0.4, -0.2) is 40.6 Å². The van der Waals surface area contributed by atoms with Crippen molar-refractivity contribution in [1.82, 2.24) is 14.8 Å². The number of hydrogen-bond acceptors (Lipinski definition) is 6. The van der Waals surface area contributed by atoms with E-state index in [-0.39, 0.29) is 11.7 Å². The molecule has 30 heavy (non-hydrogen) atoms. The molecule has 1 heterocycles. The van der Waals surface area contributed by atoms with Gasteiger partial charge < -0.3 is 19.4 Å². The zero-order valence-corrected chi connectivity index (χ0v) is 20.0. The maximum absolute atomic E-state index is 12.3. The van der Waals surface area contributed by atoms with Crippen LogP contribution < -0.4 is 14.8 Å². The van der Waals surface area contributed by atoms with Crippen molar-refractivity contribution < 1.29 is 14.3 Å². The van der Waals surface area contributed by atoms with Crippen LogP contribution in [0.5, 0.6) is 11.5 Å². The van der Waals surface area contributed by atoms with Gasteiger partial charge in [-0.15, -0.1) is 10.2 Å². The SMILES string of the molecule is CCn1c(Cc2ccc(OC)c(OC)c2)nnc1SCC(=O)Nc1ccccc1I. The summed E-state index contributed by atoms with van der Waals surface area (Å²) in [6, 6.07) is 13.5. The molecule has 0 saturated heterocycles. The number of nitrogens with one attached hydrogen (secondary N) is 1. The zero-order chi connectivity index (χ0) is 21.5. The summed E-state index contributed by atoms with van der Waals surface area (Å²) in [4.78, 5) is 12.3. The third kappa shape index (κ3) is 5.45. The first-order chi connectivity index (χ1) is 14.5. The number of hydrogen-bond donors (Lipinski definition) is 1. The van der Waals surface area contributed by atoms with Crippen molar-refractivity contribution in [3.8, 4) is 11.5 Å². The van der Waals surface area contributed by atoms with E-state index in [1.54, 1.807) is 14.2 Å². The lowest BCUT2D eigenvalue weighted by atomic mass is 10.1. The Balaban J connectivity index is 1.67. The molecular weight excluding hydrogens is 515 g/mol. The molecule has 1 amide bonds. The standard InChI is InChI=1S/C21H23IN4O3S/c1-4-26-19(12-14-9-10-17(28-2)18(11-14)29-3)24-25-21(26)30-13-20(27)23-16-8-6-5-7-15(16)22/h5-11H,4,12-13H2,1-3H3,(H,23,27). The van der Waals surface area contributed by atoms with Gasteiger partial charge in [-0.3, -0.25) is 4.79 Å². The number of halogens is 1. The van der Waals surface area contributed by atoms with Crippen LogP contribution in [0.25, 0.3) is 0 Å². The van der Waals surface area contributed by atoms with Crippen LogP contribution in [0.2, 0.25) is 0 Å². The van der Waals surface area contributed by atoms with Gasteiger partial charge in [0.2, 0.25) is 5.91 Å². The second-order valence-corrected chi connectivity index (χ2v) is 8.43. The molecule has 0 aliphatic heterocycles. The van der Waals surface area contributed by atoms with Crippen molar-refractivity contribution in [2.24, 2.45) is 0 Å². The number of nitrogens with zero attached hydrogens (tertiary/aromatic N) is 3. The smallest absolute Gasteiger partial charge is 0.234 e. The Labute approximate surface area is 193 Å². The van der Waals surface area contributed by atoms with Gasteiger partial charge in [0.25, 0.3) is 0 Å². The van der Waals surface area contributed by atoms with E-state index in [0.717, 1.165) is 32.3 Å². The molecule has 3 rings (SSSR count). The predicted octanol–water partition coefficient (Wildman–Crippen LogP) is 4.24. The van der Waals surface area contributed by atoms with E-state index in [4.69, 9.17) is 9.47 Å². The first-order valence-electron chi connectivity index (χ1n) is 9.35. The number of carbonyl (C=O) groups excluding carboxylic acids is 1. The van der Waals surface area contributed by atoms with Crippen LogP contribution in [0.15, 0.2) is 47.6 Å². The third-order valence-corrected chi connectivity index (χ3v) is 6.31. The largest absolute Gasteiger partial charge is 0.493 e. The molecule has 1 aromatic heterocycles. The highest BCUT2D eigenvalue weighted by Gasteiger charge is 2.15. The maximum atomic E-state index is 12.3. The molecule has 0 bridgehead atoms. The summed E-state index contributed by atoms with van der Waals surface area (Å²) < 4.78 is 13.7. The summed E-state index contributed by atoms with van der Waals surface area (Å²) in [6.07, 6.45) is 0.607. The van der Waals surface area contributed by atoms with E-state index in [2.05, 4.69) is 38.1 Å². The van der Waals surface area contributed by atoms with Crippen molar-refractivity contribution in [2.45, 2.75) is 25.0 Å². The highest BCUT2D eigenvalue weighted by atomic mass is 127. The van der Waals surface area contributed by atoms with E-state index in [1.165, 1.54) is 11.8 Å². The van der Waals surface area contributed by atoms with Crippen molar-refractivity contribution in [3.05, 3.63) is 57.4 Å². The molecule has 0 saturated carbocycles. The summed E-state index contributed by atoms with van der Waals surface area (Å²) >= 11 is 3.58. The fourth-order valence-electron chi connectivity index (χ4n) is 2.93. The van der Waals surface area contributed by atoms with Crippen LogP contribution in [0.1, 0.15) is 18.3 Å². The summed E-state index contributed by atoms with van der Waals surface area (Å²) in [5.74, 6) is 2.40. The molecule has 0 fully saturated rings. The highest BCUT2D eigenvalue weighted by molar-refractivity contribution is 14.1. The summed E-state index contributed by atoms with van der Waals surface area (Å²) in [7, 11) is 3.23. The number of methoxy groups -OCH3 is 2. The minimum atomic E-state index is -0.0730. The molecule has 0 spiro atoms. The minimum Gasteiger partial charge on any atom is -0.493 e. The van der Waals surface area contributed by atoms with Crippen LogP contribution in [-0.2, 0) is 17.8 Å². The quantitative estimate of drug-likeness (QED) is 0.325. The number of thioether (sulfide) groups is 1. The van der Waals surface area contributed by atoms with Crippen molar-refractivity contribution in [3.63, 3.8) is 0 Å². The van der Waals surface area contributed by atoms with Crippen LogP contribution in [0, 0.1) is 3.57 Å². The molecule has 158 valence electrons. The topological polar surface area (TPSA) is 78.3 Å². The predicted molar refractivity (Wildman–Crippen MR) is 127 cm³/mol. The Hall–Kier alpha value is -2.27. The summed E-state index contributed by atoms with van der Waals surface area (Å²) in [5.41, 5.74) is 1.86. The van der Waals surface area contributed by atoms with Crippen molar-refractivity contribution in [1.29, 1.82) is 0 Å². The Kier molecular flexibility index (Phi) is 7.97. The monoisotopic (exact) mass is 538 g/mol. The number of anilines is 1. The maximum Gasteiger partial charge on any atom is 0.234 e. The van der Waals surface area contributed by atoms with E-state index in [1.807, 2.05) is 54.0 Å². The van der Waals surface area contributed by atoms with Gasteiger partial charge in [0.1, 0.15) is 5.82 Å². The number of carbonyl (C=O) groups is 1. The number of ether oxygens (including phenoxy) is 2. The third-order valence-electron chi connectivity index (χ3n) is 4.40. The number of rotatable bonds is 9. The molecule has 3 aromatic rings. The molecule has 0 unspecified atom stereocenters. The first-order valence-corrected chi connectivity index (χ1v) is 11.4. The molecule has 0 atom stereocenters. The number of amides is 1. The van der Waals surface area contributed by atoms with Crippen LogP contribution >= 0.6 is 34.4 Å². The second kappa shape index (κ2) is 10.7. The van der Waals surface area contributed by atoms with E-state index >= 15 is 0 Å². The summed E-state index contributed by atoms with van der Waals surface area (Å²) in [6.45, 7) is 2.76. The van der Waals surface area contributed by atoms with Crippen LogP contribution in [0.3, 0.4) is 0 Å². The molecule has 7 nitrogen and oxygen atoms in total. The first kappa shape index (κ1) is 22.4. The summed E-state index contributed by atoms with van der Waals surface area (Å²) in [5, 5.41) is 12.3. The molecular formula is C21H23IN4O3S. The second-order valence-electron chi connectivity index (χ2n) is 6.33. The highest BCUT2D eigenvalue weighted by Crippen LogP contribution is 2.29. The Morgan fingerprint density at radius 3 is 2.60 bits per heavy atom. The number of para-hydroxylation sites is 1. The average Bonchev–Trinajstić information content (AvgIpc) is 3.15. The fourth-order valence-corrected chi connectivity index (χ4v) is 4.27. The minimum absolute atomic E-state index is 0.0730. The molecule has 0 aliphatic carbocycles. The molecule has 2 aromatic carbocycles. The molecule has 9 heteroatoms.